The van der Waals surface area contributed by atoms with Crippen LogP contribution in [0.2, 0.25) is 0 Å². The van der Waals surface area contributed by atoms with Crippen LogP contribution in [0.3, 0.4) is 0 Å². The van der Waals surface area contributed by atoms with Gasteiger partial charge in [-0.1, -0.05) is 18.2 Å². The molecule has 1 N–H and O–H groups in total. The van der Waals surface area contributed by atoms with Crippen molar-refractivity contribution in [1.82, 2.24) is 14.5 Å². The van der Waals surface area contributed by atoms with E-state index >= 15 is 0 Å². The Morgan fingerprint density at radius 2 is 1.80 bits per heavy atom. The molecule has 0 unspecified atom stereocenters. The number of hydrogen-bond donors (Lipinski definition) is 1. The van der Waals surface area contributed by atoms with Crippen molar-refractivity contribution in [1.29, 1.82) is 0 Å². The van der Waals surface area contributed by atoms with Gasteiger partial charge in [0, 0.05) is 26.2 Å². The van der Waals surface area contributed by atoms with Crippen LogP contribution in [-0.4, -0.2) is 28.7 Å². The smallest absolute Gasteiger partial charge is 0.328 e. The Labute approximate surface area is 145 Å². The van der Waals surface area contributed by atoms with Crippen molar-refractivity contribution in [3.8, 4) is 5.75 Å². The van der Waals surface area contributed by atoms with Crippen LogP contribution in [-0.2, 0) is 20.5 Å². The van der Waals surface area contributed by atoms with Gasteiger partial charge in [0.1, 0.15) is 5.75 Å². The second-order valence-electron chi connectivity index (χ2n) is 5.92. The number of imidazole rings is 1. The number of carbonyl (C=O) groups excluding carboxylic acids is 1. The number of benzene rings is 2. The minimum atomic E-state index is -0.159. The highest BCUT2D eigenvalue weighted by molar-refractivity contribution is 5.97. The van der Waals surface area contributed by atoms with E-state index in [1.54, 1.807) is 48.5 Å². The second-order valence-corrected chi connectivity index (χ2v) is 5.92. The largest absolute Gasteiger partial charge is 0.496 e. The van der Waals surface area contributed by atoms with Crippen molar-refractivity contribution in [2.75, 3.05) is 13.7 Å². The highest BCUT2D eigenvalue weighted by Crippen LogP contribution is 2.17. The molecule has 0 saturated heterocycles. The number of aromatic nitrogens is 2. The topological polar surface area (TPSA) is 65.3 Å². The molecule has 0 aliphatic carbocycles. The molecule has 0 fully saturated rings. The first-order valence-corrected chi connectivity index (χ1v) is 8.08. The van der Waals surface area contributed by atoms with Gasteiger partial charge in [-0.15, -0.1) is 0 Å². The molecular formula is C19H21N3O3. The van der Waals surface area contributed by atoms with E-state index in [-0.39, 0.29) is 11.6 Å². The van der Waals surface area contributed by atoms with Crippen LogP contribution in [0.25, 0.3) is 11.0 Å². The highest BCUT2D eigenvalue weighted by Gasteiger charge is 2.12. The zero-order chi connectivity index (χ0) is 18.0. The van der Waals surface area contributed by atoms with Crippen LogP contribution in [0.5, 0.6) is 5.75 Å². The van der Waals surface area contributed by atoms with Crippen molar-refractivity contribution in [3.63, 3.8) is 0 Å². The van der Waals surface area contributed by atoms with Crippen LogP contribution >= 0.6 is 0 Å². The number of fused-ring (bicyclic) bond motifs is 1. The Hall–Kier alpha value is -3.02. The normalized spacial score (nSPS) is 10.8. The molecule has 25 heavy (non-hydrogen) atoms. The summed E-state index contributed by atoms with van der Waals surface area (Å²) < 4.78 is 8.43. The molecule has 1 heterocycles. The summed E-state index contributed by atoms with van der Waals surface area (Å²) in [5, 5.41) is 2.92. The molecule has 2 aromatic carbocycles. The number of ether oxygens (including phenoxy) is 1. The maximum absolute atomic E-state index is 12.4. The molecule has 1 aromatic heterocycles. The van der Waals surface area contributed by atoms with E-state index in [0.717, 1.165) is 22.3 Å². The number of methoxy groups -OCH3 is 1. The number of carbonyl (C=O) groups is 1. The van der Waals surface area contributed by atoms with Crippen LogP contribution in [0, 0.1) is 0 Å². The molecule has 0 bridgehead atoms. The fraction of sp³-hybridized carbons (Fsp3) is 0.263. The van der Waals surface area contributed by atoms with E-state index in [0.29, 0.717) is 18.5 Å². The third kappa shape index (κ3) is 3.15. The summed E-state index contributed by atoms with van der Waals surface area (Å²) in [6.07, 6.45) is 0.682. The fourth-order valence-electron chi connectivity index (χ4n) is 2.97. The van der Waals surface area contributed by atoms with Gasteiger partial charge in [0.25, 0.3) is 5.91 Å². The van der Waals surface area contributed by atoms with Crippen molar-refractivity contribution in [2.45, 2.75) is 6.42 Å². The summed E-state index contributed by atoms with van der Waals surface area (Å²) in [6.45, 7) is 0.505. The minimum Gasteiger partial charge on any atom is -0.496 e. The maximum atomic E-state index is 12.4. The van der Waals surface area contributed by atoms with Gasteiger partial charge in [0.15, 0.2) is 0 Å². The number of para-hydroxylation sites is 1. The molecule has 6 heteroatoms. The summed E-state index contributed by atoms with van der Waals surface area (Å²) >= 11 is 0. The van der Waals surface area contributed by atoms with Gasteiger partial charge in [-0.25, -0.2) is 4.79 Å². The lowest BCUT2D eigenvalue weighted by atomic mass is 10.1. The number of amides is 1. The molecule has 0 spiro atoms. The molecular weight excluding hydrogens is 318 g/mol. The molecule has 0 aliphatic rings. The fourth-order valence-corrected chi connectivity index (χ4v) is 2.97. The maximum Gasteiger partial charge on any atom is 0.328 e. The molecule has 0 aliphatic heterocycles. The molecule has 0 saturated carbocycles. The van der Waals surface area contributed by atoms with Gasteiger partial charge in [0.2, 0.25) is 0 Å². The predicted molar refractivity (Wildman–Crippen MR) is 97.2 cm³/mol. The summed E-state index contributed by atoms with van der Waals surface area (Å²) in [7, 11) is 5.06. The van der Waals surface area contributed by atoms with Crippen molar-refractivity contribution in [3.05, 3.63) is 64.1 Å². The third-order valence-corrected chi connectivity index (χ3v) is 4.41. The third-order valence-electron chi connectivity index (χ3n) is 4.41. The summed E-state index contributed by atoms with van der Waals surface area (Å²) in [5.74, 6) is 0.658. The Balaban J connectivity index is 1.72. The van der Waals surface area contributed by atoms with Crippen LogP contribution in [0.15, 0.2) is 47.3 Å². The van der Waals surface area contributed by atoms with Gasteiger partial charge in [-0.3, -0.25) is 13.9 Å². The molecule has 0 atom stereocenters. The zero-order valence-electron chi connectivity index (χ0n) is 14.6. The van der Waals surface area contributed by atoms with Gasteiger partial charge in [0.05, 0.1) is 18.1 Å². The molecule has 3 rings (SSSR count). The van der Waals surface area contributed by atoms with Crippen LogP contribution in [0.1, 0.15) is 15.9 Å². The monoisotopic (exact) mass is 339 g/mol. The molecule has 130 valence electrons. The average molecular weight is 339 g/mol. The summed E-state index contributed by atoms with van der Waals surface area (Å²) in [5.41, 5.74) is 3.02. The highest BCUT2D eigenvalue weighted by atomic mass is 16.5. The molecule has 0 radical (unpaired) electrons. The van der Waals surface area contributed by atoms with Crippen molar-refractivity contribution >= 4 is 16.9 Å². The lowest BCUT2D eigenvalue weighted by molar-refractivity contribution is 0.0954. The zero-order valence-corrected chi connectivity index (χ0v) is 14.6. The number of nitrogens with one attached hydrogen (secondary N) is 1. The number of rotatable bonds is 5. The van der Waals surface area contributed by atoms with Gasteiger partial charge in [-0.2, -0.15) is 0 Å². The van der Waals surface area contributed by atoms with Gasteiger partial charge in [-0.05, 0) is 36.2 Å². The number of nitrogens with zero attached hydrogens (tertiary/aromatic N) is 2. The predicted octanol–water partition coefficient (Wildman–Crippen LogP) is 1.86. The van der Waals surface area contributed by atoms with Gasteiger partial charge < -0.3 is 10.1 Å². The first kappa shape index (κ1) is 16.8. The lowest BCUT2D eigenvalue weighted by Crippen LogP contribution is -2.25. The first-order chi connectivity index (χ1) is 12.0. The Bertz CT molecular complexity index is 985. The van der Waals surface area contributed by atoms with Crippen molar-refractivity contribution < 1.29 is 9.53 Å². The second kappa shape index (κ2) is 6.84. The lowest BCUT2D eigenvalue weighted by Gasteiger charge is -2.09. The van der Waals surface area contributed by atoms with E-state index < -0.39 is 0 Å². The van der Waals surface area contributed by atoms with Crippen molar-refractivity contribution in [2.24, 2.45) is 14.1 Å². The van der Waals surface area contributed by atoms with E-state index in [1.807, 2.05) is 24.3 Å². The Morgan fingerprint density at radius 3 is 2.56 bits per heavy atom. The van der Waals surface area contributed by atoms with E-state index in [2.05, 4.69) is 5.32 Å². The quantitative estimate of drug-likeness (QED) is 0.772. The SMILES string of the molecule is COc1ccccc1CCNC(=O)c1ccc2c(c1)n(C)c(=O)n2C. The minimum absolute atomic E-state index is 0.108. The van der Waals surface area contributed by atoms with Crippen LogP contribution in [0.4, 0.5) is 0 Å². The summed E-state index contributed by atoms with van der Waals surface area (Å²) in [4.78, 5) is 24.4. The number of aryl methyl sites for hydroxylation is 2. The van der Waals surface area contributed by atoms with E-state index in [9.17, 15) is 9.59 Å². The molecule has 6 nitrogen and oxygen atoms in total. The van der Waals surface area contributed by atoms with E-state index in [1.165, 1.54) is 0 Å². The first-order valence-electron chi connectivity index (χ1n) is 8.08. The van der Waals surface area contributed by atoms with E-state index in [4.69, 9.17) is 4.74 Å². The average Bonchev–Trinajstić information content (AvgIpc) is 2.86. The molecule has 3 aromatic rings. The molecule has 1 amide bonds. The Morgan fingerprint density at radius 1 is 1.08 bits per heavy atom. The standard InChI is InChI=1S/C19H21N3O3/c1-21-15-9-8-14(12-16(15)22(2)19(21)24)18(23)20-11-10-13-6-4-5-7-17(13)25-3/h4-9,12H,10-11H2,1-3H3,(H,20,23). The Kier molecular flexibility index (Phi) is 4.61. The van der Waals surface area contributed by atoms with Gasteiger partial charge >= 0.3 is 5.69 Å². The summed E-state index contributed by atoms with van der Waals surface area (Å²) in [6, 6.07) is 13.0. The van der Waals surface area contributed by atoms with Crippen LogP contribution < -0.4 is 15.7 Å². The number of hydrogen-bond acceptors (Lipinski definition) is 3.